The van der Waals surface area contributed by atoms with Crippen molar-refractivity contribution in [2.45, 2.75) is 44.4 Å². The molecular formula is C14H22ClNO2S. The van der Waals surface area contributed by atoms with Crippen LogP contribution in [0, 0.1) is 0 Å². The van der Waals surface area contributed by atoms with Gasteiger partial charge < -0.3 is 0 Å². The summed E-state index contributed by atoms with van der Waals surface area (Å²) >= 11 is 5.72. The van der Waals surface area contributed by atoms with Crippen LogP contribution in [0.15, 0.2) is 24.3 Å². The van der Waals surface area contributed by atoms with Crippen LogP contribution in [-0.2, 0) is 21.7 Å². The first-order valence-corrected chi connectivity index (χ1v) is 8.68. The van der Waals surface area contributed by atoms with Crippen molar-refractivity contribution < 1.29 is 8.42 Å². The fraction of sp³-hybridized carbons (Fsp3) is 0.571. The maximum Gasteiger partial charge on any atom is 0.218 e. The van der Waals surface area contributed by atoms with Crippen LogP contribution < -0.4 is 0 Å². The first kappa shape index (κ1) is 16.5. The van der Waals surface area contributed by atoms with Crippen molar-refractivity contribution in [3.05, 3.63) is 35.4 Å². The summed E-state index contributed by atoms with van der Waals surface area (Å²) in [6.07, 6.45) is 1.66. The second-order valence-corrected chi connectivity index (χ2v) is 6.99. The third-order valence-electron chi connectivity index (χ3n) is 3.42. The van der Waals surface area contributed by atoms with Gasteiger partial charge in [-0.2, -0.15) is 0 Å². The molecule has 0 saturated carbocycles. The lowest BCUT2D eigenvalue weighted by Crippen LogP contribution is -2.37. The second-order valence-electron chi connectivity index (χ2n) is 4.69. The highest BCUT2D eigenvalue weighted by atomic mass is 35.5. The third-order valence-corrected chi connectivity index (χ3v) is 5.60. The molecule has 0 heterocycles. The average molecular weight is 304 g/mol. The van der Waals surface area contributed by atoms with Gasteiger partial charge in [0.1, 0.15) is 0 Å². The molecule has 0 atom stereocenters. The Morgan fingerprint density at radius 3 is 2.00 bits per heavy atom. The average Bonchev–Trinajstić information content (AvgIpc) is 2.40. The van der Waals surface area contributed by atoms with E-state index >= 15 is 0 Å². The molecule has 0 radical (unpaired) electrons. The van der Waals surface area contributed by atoms with E-state index in [1.54, 1.807) is 7.05 Å². The summed E-state index contributed by atoms with van der Waals surface area (Å²) in [6.45, 7) is 4.02. The molecule has 0 spiro atoms. The lowest BCUT2D eigenvalue weighted by atomic mass is 10.2. The first-order chi connectivity index (χ1) is 8.94. The van der Waals surface area contributed by atoms with Crippen molar-refractivity contribution in [1.29, 1.82) is 0 Å². The van der Waals surface area contributed by atoms with Crippen molar-refractivity contribution in [3.8, 4) is 0 Å². The van der Waals surface area contributed by atoms with E-state index in [9.17, 15) is 8.42 Å². The summed E-state index contributed by atoms with van der Waals surface area (Å²) in [5.41, 5.74) is 1.79. The van der Waals surface area contributed by atoms with Gasteiger partial charge in [0.2, 0.25) is 10.0 Å². The van der Waals surface area contributed by atoms with Crippen LogP contribution in [0.1, 0.15) is 37.8 Å². The molecule has 0 bridgehead atoms. The minimum absolute atomic E-state index is 0.0442. The van der Waals surface area contributed by atoms with E-state index in [4.69, 9.17) is 11.6 Å². The zero-order valence-corrected chi connectivity index (χ0v) is 13.3. The van der Waals surface area contributed by atoms with Gasteiger partial charge in [-0.25, -0.2) is 12.7 Å². The molecule has 0 saturated heterocycles. The van der Waals surface area contributed by atoms with E-state index in [1.807, 2.05) is 38.1 Å². The molecule has 1 aromatic carbocycles. The van der Waals surface area contributed by atoms with Crippen LogP contribution >= 0.6 is 11.6 Å². The molecule has 1 rings (SSSR count). The summed E-state index contributed by atoms with van der Waals surface area (Å²) < 4.78 is 26.1. The fourth-order valence-corrected chi connectivity index (χ4v) is 3.81. The van der Waals surface area contributed by atoms with Gasteiger partial charge in [0, 0.05) is 19.0 Å². The zero-order valence-electron chi connectivity index (χ0n) is 11.8. The maximum atomic E-state index is 12.3. The minimum Gasteiger partial charge on any atom is -0.212 e. The number of nitrogens with zero attached hydrogens (tertiary/aromatic N) is 1. The van der Waals surface area contributed by atoms with Crippen molar-refractivity contribution in [2.75, 3.05) is 7.05 Å². The van der Waals surface area contributed by atoms with Gasteiger partial charge in [0.05, 0.1) is 5.75 Å². The maximum absolute atomic E-state index is 12.3. The Hall–Kier alpha value is -0.580. The molecule has 0 fully saturated rings. The molecule has 0 aromatic heterocycles. The molecule has 3 nitrogen and oxygen atoms in total. The molecule has 0 N–H and O–H groups in total. The Bertz CT molecular complexity index is 481. The number of hydrogen-bond acceptors (Lipinski definition) is 2. The zero-order chi connectivity index (χ0) is 14.5. The fourth-order valence-electron chi connectivity index (χ4n) is 2.07. The van der Waals surface area contributed by atoms with Gasteiger partial charge in [-0.1, -0.05) is 38.1 Å². The normalized spacial score (nSPS) is 12.3. The van der Waals surface area contributed by atoms with Crippen LogP contribution in [0.4, 0.5) is 0 Å². The molecule has 5 heteroatoms. The highest BCUT2D eigenvalue weighted by Crippen LogP contribution is 2.16. The van der Waals surface area contributed by atoms with E-state index < -0.39 is 10.0 Å². The molecule has 0 aliphatic carbocycles. The molecule has 19 heavy (non-hydrogen) atoms. The number of sulfonamides is 1. The predicted molar refractivity (Wildman–Crippen MR) is 80.8 cm³/mol. The van der Waals surface area contributed by atoms with Crippen molar-refractivity contribution in [1.82, 2.24) is 4.31 Å². The van der Waals surface area contributed by atoms with Crippen LogP contribution in [0.25, 0.3) is 0 Å². The minimum atomic E-state index is -3.26. The highest BCUT2D eigenvalue weighted by molar-refractivity contribution is 7.88. The van der Waals surface area contributed by atoms with E-state index in [2.05, 4.69) is 0 Å². The summed E-state index contributed by atoms with van der Waals surface area (Å²) in [6, 6.07) is 7.47. The number of alkyl halides is 1. The van der Waals surface area contributed by atoms with Crippen molar-refractivity contribution in [2.24, 2.45) is 0 Å². The molecule has 1 aromatic rings. The van der Waals surface area contributed by atoms with Gasteiger partial charge >= 0.3 is 0 Å². The quantitative estimate of drug-likeness (QED) is 0.724. The van der Waals surface area contributed by atoms with E-state index in [0.717, 1.165) is 24.0 Å². The Morgan fingerprint density at radius 2 is 1.58 bits per heavy atom. The molecular weight excluding hydrogens is 282 g/mol. The Balaban J connectivity index is 2.83. The summed E-state index contributed by atoms with van der Waals surface area (Å²) in [4.78, 5) is 0. The largest absolute Gasteiger partial charge is 0.218 e. The molecule has 0 aliphatic heterocycles. The third kappa shape index (κ3) is 4.48. The van der Waals surface area contributed by atoms with E-state index in [-0.39, 0.29) is 11.8 Å². The van der Waals surface area contributed by atoms with Crippen LogP contribution in [0.2, 0.25) is 0 Å². The first-order valence-electron chi connectivity index (χ1n) is 6.54. The Morgan fingerprint density at radius 1 is 1.11 bits per heavy atom. The molecule has 0 aliphatic rings. The lowest BCUT2D eigenvalue weighted by molar-refractivity contribution is 0.349. The van der Waals surface area contributed by atoms with Gasteiger partial charge in [-0.05, 0) is 24.0 Å². The van der Waals surface area contributed by atoms with Crippen molar-refractivity contribution in [3.63, 3.8) is 0 Å². The SMILES string of the molecule is CCC(CC)N(C)S(=O)(=O)Cc1ccc(CCl)cc1. The van der Waals surface area contributed by atoms with Crippen LogP contribution in [0.3, 0.4) is 0 Å². The summed E-state index contributed by atoms with van der Waals surface area (Å²) in [5, 5.41) is 0. The molecule has 108 valence electrons. The summed E-state index contributed by atoms with van der Waals surface area (Å²) in [7, 11) is -1.59. The number of rotatable bonds is 7. The van der Waals surface area contributed by atoms with Crippen molar-refractivity contribution >= 4 is 21.6 Å². The van der Waals surface area contributed by atoms with Gasteiger partial charge in [0.25, 0.3) is 0 Å². The van der Waals surface area contributed by atoms with Gasteiger partial charge in [-0.15, -0.1) is 11.6 Å². The number of benzene rings is 1. The second kappa shape index (κ2) is 7.27. The topological polar surface area (TPSA) is 37.4 Å². The van der Waals surface area contributed by atoms with E-state index in [1.165, 1.54) is 4.31 Å². The predicted octanol–water partition coefficient (Wildman–Crippen LogP) is 3.38. The standard InChI is InChI=1S/C14H22ClNO2S/c1-4-14(5-2)16(3)19(17,18)11-13-8-6-12(10-15)7-9-13/h6-9,14H,4-5,10-11H2,1-3H3. The number of hydrogen-bond donors (Lipinski definition) is 0. The monoisotopic (exact) mass is 303 g/mol. The Labute approximate surface area is 121 Å². The summed E-state index contributed by atoms with van der Waals surface area (Å²) in [5.74, 6) is 0.489. The van der Waals surface area contributed by atoms with E-state index in [0.29, 0.717) is 5.88 Å². The Kier molecular flexibility index (Phi) is 6.30. The van der Waals surface area contributed by atoms with Gasteiger partial charge in [-0.3, -0.25) is 0 Å². The molecule has 0 unspecified atom stereocenters. The number of halogens is 1. The van der Waals surface area contributed by atoms with Crippen LogP contribution in [0.5, 0.6) is 0 Å². The molecule has 0 amide bonds. The lowest BCUT2D eigenvalue weighted by Gasteiger charge is -2.25. The highest BCUT2D eigenvalue weighted by Gasteiger charge is 2.24. The van der Waals surface area contributed by atoms with Gasteiger partial charge in [0.15, 0.2) is 0 Å². The smallest absolute Gasteiger partial charge is 0.212 e. The van der Waals surface area contributed by atoms with Crippen LogP contribution in [-0.4, -0.2) is 25.8 Å².